The molecule has 0 atom stereocenters. The maximum atomic E-state index is 13.5. The lowest BCUT2D eigenvalue weighted by molar-refractivity contribution is 0.0698. The molecule has 1 heterocycles. The monoisotopic (exact) mass is 274 g/mol. The van der Waals surface area contributed by atoms with E-state index in [2.05, 4.69) is 10.3 Å². The zero-order valence-electron chi connectivity index (χ0n) is 10.6. The van der Waals surface area contributed by atoms with Crippen LogP contribution in [0.15, 0.2) is 36.7 Å². The molecule has 20 heavy (non-hydrogen) atoms. The zero-order valence-corrected chi connectivity index (χ0v) is 10.6. The van der Waals surface area contributed by atoms with Crippen LogP contribution in [-0.4, -0.2) is 22.0 Å². The standard InChI is InChI=1S/C14H11FN2O3/c1-8-3-2-4-10(14(19)20)12(8)17-13(18)9-5-6-16-7-11(9)15/h2-7H,1H3,(H,17,18)(H,19,20). The number of carboxylic acids is 1. The number of nitrogens with zero attached hydrogens (tertiary/aromatic N) is 1. The molecule has 1 aromatic carbocycles. The SMILES string of the molecule is Cc1cccc(C(=O)O)c1NC(=O)c1ccncc1F. The lowest BCUT2D eigenvalue weighted by atomic mass is 10.1. The van der Waals surface area contributed by atoms with E-state index in [1.165, 1.54) is 18.3 Å². The fourth-order valence-corrected chi connectivity index (χ4v) is 1.75. The summed E-state index contributed by atoms with van der Waals surface area (Å²) in [5.74, 6) is -2.66. The predicted octanol–water partition coefficient (Wildman–Crippen LogP) is 2.48. The summed E-state index contributed by atoms with van der Waals surface area (Å²) in [6, 6.07) is 5.82. The first-order chi connectivity index (χ1) is 9.50. The molecule has 0 saturated carbocycles. The third-order valence-electron chi connectivity index (χ3n) is 2.76. The number of carbonyl (C=O) groups excluding carboxylic acids is 1. The number of para-hydroxylation sites is 1. The van der Waals surface area contributed by atoms with Crippen LogP contribution < -0.4 is 5.32 Å². The molecular weight excluding hydrogens is 263 g/mol. The van der Waals surface area contributed by atoms with Crippen LogP contribution in [0.4, 0.5) is 10.1 Å². The molecule has 0 spiro atoms. The summed E-state index contributed by atoms with van der Waals surface area (Å²) in [4.78, 5) is 26.7. The molecule has 0 saturated heterocycles. The fraction of sp³-hybridized carbons (Fsp3) is 0.0714. The van der Waals surface area contributed by atoms with Gasteiger partial charge >= 0.3 is 5.97 Å². The lowest BCUT2D eigenvalue weighted by Gasteiger charge is -2.11. The highest BCUT2D eigenvalue weighted by Gasteiger charge is 2.17. The molecular formula is C14H11FN2O3. The maximum Gasteiger partial charge on any atom is 0.337 e. The average molecular weight is 274 g/mol. The third kappa shape index (κ3) is 2.64. The minimum Gasteiger partial charge on any atom is -0.478 e. The molecule has 2 N–H and O–H groups in total. The number of carboxylic acid groups (broad SMARTS) is 1. The van der Waals surface area contributed by atoms with Gasteiger partial charge in [-0.25, -0.2) is 9.18 Å². The van der Waals surface area contributed by atoms with Gasteiger partial charge in [-0.15, -0.1) is 0 Å². The molecule has 0 bridgehead atoms. The van der Waals surface area contributed by atoms with Gasteiger partial charge in [0.25, 0.3) is 5.91 Å². The number of amides is 1. The number of anilines is 1. The molecule has 0 aliphatic rings. The van der Waals surface area contributed by atoms with Gasteiger partial charge in [0, 0.05) is 6.20 Å². The number of carbonyl (C=O) groups is 2. The highest BCUT2D eigenvalue weighted by molar-refractivity contribution is 6.08. The first kappa shape index (κ1) is 13.7. The Balaban J connectivity index is 2.38. The highest BCUT2D eigenvalue weighted by atomic mass is 19.1. The van der Waals surface area contributed by atoms with Gasteiger partial charge in [-0.1, -0.05) is 12.1 Å². The van der Waals surface area contributed by atoms with Crippen LogP contribution in [0.1, 0.15) is 26.3 Å². The number of aromatic nitrogens is 1. The topological polar surface area (TPSA) is 79.3 Å². The molecule has 1 aromatic heterocycles. The van der Waals surface area contributed by atoms with E-state index < -0.39 is 17.7 Å². The van der Waals surface area contributed by atoms with E-state index in [4.69, 9.17) is 5.11 Å². The number of nitrogens with one attached hydrogen (secondary N) is 1. The quantitative estimate of drug-likeness (QED) is 0.901. The third-order valence-corrected chi connectivity index (χ3v) is 2.76. The number of benzene rings is 1. The minimum atomic E-state index is -1.17. The Hall–Kier alpha value is -2.76. The number of pyridine rings is 1. The predicted molar refractivity (Wildman–Crippen MR) is 70.3 cm³/mol. The first-order valence-corrected chi connectivity index (χ1v) is 5.74. The molecule has 0 fully saturated rings. The first-order valence-electron chi connectivity index (χ1n) is 5.74. The van der Waals surface area contributed by atoms with Crippen molar-refractivity contribution in [2.45, 2.75) is 6.92 Å². The summed E-state index contributed by atoms with van der Waals surface area (Å²) < 4.78 is 13.5. The Morgan fingerprint density at radius 3 is 2.65 bits per heavy atom. The van der Waals surface area contributed by atoms with Crippen molar-refractivity contribution in [2.24, 2.45) is 0 Å². The van der Waals surface area contributed by atoms with Crippen molar-refractivity contribution >= 4 is 17.6 Å². The molecule has 6 heteroatoms. The molecule has 0 aliphatic heterocycles. The van der Waals surface area contributed by atoms with E-state index in [0.717, 1.165) is 6.20 Å². The summed E-state index contributed by atoms with van der Waals surface area (Å²) in [5.41, 5.74) is 0.487. The van der Waals surface area contributed by atoms with Crippen molar-refractivity contribution in [3.8, 4) is 0 Å². The molecule has 5 nitrogen and oxygen atoms in total. The number of aryl methyl sites for hydroxylation is 1. The second-order valence-electron chi connectivity index (χ2n) is 4.11. The largest absolute Gasteiger partial charge is 0.478 e. The molecule has 1 amide bonds. The summed E-state index contributed by atoms with van der Waals surface area (Å²) in [6.07, 6.45) is 2.21. The van der Waals surface area contributed by atoms with E-state index in [9.17, 15) is 14.0 Å². The van der Waals surface area contributed by atoms with Crippen molar-refractivity contribution in [2.75, 3.05) is 5.32 Å². The van der Waals surface area contributed by atoms with Crippen LogP contribution in [-0.2, 0) is 0 Å². The Bertz CT molecular complexity index is 686. The van der Waals surface area contributed by atoms with E-state index in [0.29, 0.717) is 5.56 Å². The van der Waals surface area contributed by atoms with Crippen molar-refractivity contribution in [3.63, 3.8) is 0 Å². The fourth-order valence-electron chi connectivity index (χ4n) is 1.75. The van der Waals surface area contributed by atoms with Crippen LogP contribution in [0, 0.1) is 12.7 Å². The number of halogens is 1. The van der Waals surface area contributed by atoms with E-state index in [1.54, 1.807) is 19.1 Å². The van der Waals surface area contributed by atoms with Gasteiger partial charge in [-0.3, -0.25) is 9.78 Å². The second kappa shape index (κ2) is 5.48. The number of aromatic carboxylic acids is 1. The summed E-state index contributed by atoms with van der Waals surface area (Å²) >= 11 is 0. The molecule has 102 valence electrons. The van der Waals surface area contributed by atoms with Gasteiger partial charge in [0.2, 0.25) is 0 Å². The van der Waals surface area contributed by atoms with E-state index >= 15 is 0 Å². The van der Waals surface area contributed by atoms with Gasteiger partial charge in [0.05, 0.1) is 23.0 Å². The van der Waals surface area contributed by atoms with Crippen molar-refractivity contribution in [1.29, 1.82) is 0 Å². The van der Waals surface area contributed by atoms with Crippen molar-refractivity contribution in [3.05, 3.63) is 59.2 Å². The van der Waals surface area contributed by atoms with Gasteiger partial charge in [0.15, 0.2) is 5.82 Å². The summed E-state index contributed by atoms with van der Waals surface area (Å²) in [6.45, 7) is 1.66. The van der Waals surface area contributed by atoms with Crippen molar-refractivity contribution < 1.29 is 19.1 Å². The lowest BCUT2D eigenvalue weighted by Crippen LogP contribution is -2.17. The summed E-state index contributed by atoms with van der Waals surface area (Å²) in [5, 5.41) is 11.5. The van der Waals surface area contributed by atoms with Gasteiger partial charge in [0.1, 0.15) is 0 Å². The summed E-state index contributed by atoms with van der Waals surface area (Å²) in [7, 11) is 0. The smallest absolute Gasteiger partial charge is 0.337 e. The second-order valence-corrected chi connectivity index (χ2v) is 4.11. The van der Waals surface area contributed by atoms with Crippen LogP contribution in [0.5, 0.6) is 0 Å². The van der Waals surface area contributed by atoms with E-state index in [-0.39, 0.29) is 16.8 Å². The van der Waals surface area contributed by atoms with Crippen LogP contribution in [0.3, 0.4) is 0 Å². The zero-order chi connectivity index (χ0) is 14.7. The highest BCUT2D eigenvalue weighted by Crippen LogP contribution is 2.21. The Kier molecular flexibility index (Phi) is 3.74. The number of hydrogen-bond acceptors (Lipinski definition) is 3. The van der Waals surface area contributed by atoms with Crippen LogP contribution >= 0.6 is 0 Å². The van der Waals surface area contributed by atoms with E-state index in [1.807, 2.05) is 0 Å². The van der Waals surface area contributed by atoms with Crippen LogP contribution in [0.2, 0.25) is 0 Å². The number of hydrogen-bond donors (Lipinski definition) is 2. The molecule has 2 aromatic rings. The minimum absolute atomic E-state index is 0.0483. The maximum absolute atomic E-state index is 13.5. The molecule has 2 rings (SSSR count). The van der Waals surface area contributed by atoms with Crippen molar-refractivity contribution in [1.82, 2.24) is 4.98 Å². The Morgan fingerprint density at radius 1 is 1.25 bits per heavy atom. The molecule has 0 aliphatic carbocycles. The normalized spacial score (nSPS) is 10.1. The Labute approximate surface area is 114 Å². The van der Waals surface area contributed by atoms with Gasteiger partial charge in [-0.2, -0.15) is 0 Å². The average Bonchev–Trinajstić information content (AvgIpc) is 2.41. The Morgan fingerprint density at radius 2 is 2.00 bits per heavy atom. The molecule has 0 radical (unpaired) electrons. The van der Waals surface area contributed by atoms with Crippen LogP contribution in [0.25, 0.3) is 0 Å². The number of rotatable bonds is 3. The van der Waals surface area contributed by atoms with Gasteiger partial charge < -0.3 is 10.4 Å². The molecule has 0 unspecified atom stereocenters. The van der Waals surface area contributed by atoms with Gasteiger partial charge in [-0.05, 0) is 24.6 Å².